The first-order valence-electron chi connectivity index (χ1n) is 8.03. The van der Waals surface area contributed by atoms with Gasteiger partial charge in [-0.3, -0.25) is 4.79 Å². The number of benzene rings is 2. The molecule has 0 spiro atoms. The molecule has 3 rings (SSSR count). The van der Waals surface area contributed by atoms with Crippen LogP contribution in [0.1, 0.15) is 17.5 Å². The first-order valence-corrected chi connectivity index (χ1v) is 8.40. The molecular formula is C19H20ClNO3. The summed E-state index contributed by atoms with van der Waals surface area (Å²) in [6.45, 7) is 1.44. The van der Waals surface area contributed by atoms with Crippen molar-refractivity contribution in [3.05, 3.63) is 64.7 Å². The second-order valence-electron chi connectivity index (χ2n) is 5.99. The fourth-order valence-corrected chi connectivity index (χ4v) is 2.97. The second-order valence-corrected chi connectivity index (χ2v) is 6.39. The number of β-amino-alcohol motifs (C(OH)–C–C–N with tert-alkyl or cyclic N) is 1. The Morgan fingerprint density at radius 3 is 2.83 bits per heavy atom. The van der Waals surface area contributed by atoms with E-state index in [0.29, 0.717) is 43.3 Å². The van der Waals surface area contributed by atoms with Crippen LogP contribution in [0.3, 0.4) is 0 Å². The van der Waals surface area contributed by atoms with Gasteiger partial charge in [0.1, 0.15) is 12.4 Å². The fourth-order valence-electron chi connectivity index (χ4n) is 2.78. The van der Waals surface area contributed by atoms with Crippen LogP contribution in [0, 0.1) is 0 Å². The highest BCUT2D eigenvalue weighted by Gasteiger charge is 2.24. The van der Waals surface area contributed by atoms with Crippen LogP contribution < -0.4 is 4.74 Å². The number of carbonyl (C=O) groups excluding carboxylic acids is 1. The average Bonchev–Trinajstić information content (AvgIpc) is 3.01. The average molecular weight is 346 g/mol. The highest BCUT2D eigenvalue weighted by atomic mass is 35.5. The van der Waals surface area contributed by atoms with Crippen LogP contribution >= 0.6 is 11.6 Å². The molecule has 2 aromatic carbocycles. The van der Waals surface area contributed by atoms with E-state index >= 15 is 0 Å². The summed E-state index contributed by atoms with van der Waals surface area (Å²) in [6.07, 6.45) is 0.585. The zero-order valence-corrected chi connectivity index (χ0v) is 14.1. The summed E-state index contributed by atoms with van der Waals surface area (Å²) in [6, 6.07) is 15.1. The highest BCUT2D eigenvalue weighted by Crippen LogP contribution is 2.20. The van der Waals surface area contributed by atoms with Gasteiger partial charge < -0.3 is 14.7 Å². The van der Waals surface area contributed by atoms with E-state index in [9.17, 15) is 9.90 Å². The van der Waals surface area contributed by atoms with E-state index in [4.69, 9.17) is 16.3 Å². The third-order valence-electron chi connectivity index (χ3n) is 4.12. The highest BCUT2D eigenvalue weighted by molar-refractivity contribution is 6.31. The Bertz CT molecular complexity index is 719. The number of likely N-dealkylation sites (tertiary alicyclic amines) is 1. The van der Waals surface area contributed by atoms with Crippen molar-refractivity contribution in [3.63, 3.8) is 0 Å². The molecule has 1 fully saturated rings. The van der Waals surface area contributed by atoms with Gasteiger partial charge in [-0.2, -0.15) is 0 Å². The quantitative estimate of drug-likeness (QED) is 0.906. The summed E-state index contributed by atoms with van der Waals surface area (Å²) < 4.78 is 5.79. The summed E-state index contributed by atoms with van der Waals surface area (Å²) in [5.41, 5.74) is 1.82. The number of amides is 1. The molecule has 5 heteroatoms. The molecule has 1 saturated heterocycles. The largest absolute Gasteiger partial charge is 0.489 e. The van der Waals surface area contributed by atoms with Crippen molar-refractivity contribution in [2.75, 3.05) is 13.1 Å². The molecule has 0 unspecified atom stereocenters. The first kappa shape index (κ1) is 16.8. The number of halogens is 1. The fraction of sp³-hybridized carbons (Fsp3) is 0.316. The van der Waals surface area contributed by atoms with Crippen LogP contribution in [0.5, 0.6) is 5.75 Å². The van der Waals surface area contributed by atoms with Gasteiger partial charge in [0.15, 0.2) is 0 Å². The summed E-state index contributed by atoms with van der Waals surface area (Å²) >= 11 is 6.12. The number of nitrogens with zero attached hydrogens (tertiary/aromatic N) is 1. The van der Waals surface area contributed by atoms with Crippen molar-refractivity contribution in [2.45, 2.75) is 25.6 Å². The Hall–Kier alpha value is -2.04. The van der Waals surface area contributed by atoms with E-state index in [1.54, 1.807) is 4.90 Å². The molecule has 1 atom stereocenters. The topological polar surface area (TPSA) is 49.8 Å². The van der Waals surface area contributed by atoms with Crippen molar-refractivity contribution < 1.29 is 14.6 Å². The lowest BCUT2D eigenvalue weighted by molar-refractivity contribution is -0.129. The van der Waals surface area contributed by atoms with Gasteiger partial charge in [0.05, 0.1) is 12.5 Å². The number of aliphatic hydroxyl groups excluding tert-OH is 1. The maximum Gasteiger partial charge on any atom is 0.227 e. The molecule has 0 saturated carbocycles. The first-order chi connectivity index (χ1) is 11.6. The van der Waals surface area contributed by atoms with Crippen molar-refractivity contribution in [1.82, 2.24) is 4.90 Å². The van der Waals surface area contributed by atoms with E-state index in [-0.39, 0.29) is 12.0 Å². The van der Waals surface area contributed by atoms with Gasteiger partial charge in [0.25, 0.3) is 0 Å². The molecule has 0 aliphatic carbocycles. The minimum absolute atomic E-state index is 0.0369. The minimum atomic E-state index is -0.390. The van der Waals surface area contributed by atoms with Gasteiger partial charge in [-0.05, 0) is 30.2 Å². The lowest BCUT2D eigenvalue weighted by Crippen LogP contribution is -2.30. The molecule has 0 aromatic heterocycles. The Kier molecular flexibility index (Phi) is 5.38. The standard InChI is InChI=1S/C19H20ClNO3/c20-18-7-2-1-5-15(18)13-24-17-6-3-4-14(10-17)11-19(23)21-9-8-16(22)12-21/h1-7,10,16,22H,8-9,11-13H2/t16-/m1/s1. The lowest BCUT2D eigenvalue weighted by atomic mass is 10.1. The molecule has 24 heavy (non-hydrogen) atoms. The van der Waals surface area contributed by atoms with E-state index in [1.165, 1.54) is 0 Å². The molecule has 1 aliphatic heterocycles. The molecular weight excluding hydrogens is 326 g/mol. The van der Waals surface area contributed by atoms with Crippen LogP contribution in [0.4, 0.5) is 0 Å². The lowest BCUT2D eigenvalue weighted by Gasteiger charge is -2.16. The molecule has 2 aromatic rings. The SMILES string of the molecule is O=C(Cc1cccc(OCc2ccccc2Cl)c1)N1CC[C@@H](O)C1. The zero-order chi connectivity index (χ0) is 16.9. The van der Waals surface area contributed by atoms with Crippen LogP contribution in [-0.4, -0.2) is 35.1 Å². The third-order valence-corrected chi connectivity index (χ3v) is 4.49. The van der Waals surface area contributed by atoms with Gasteiger partial charge in [0.2, 0.25) is 5.91 Å². The molecule has 1 aliphatic rings. The maximum absolute atomic E-state index is 12.3. The number of hydrogen-bond donors (Lipinski definition) is 1. The van der Waals surface area contributed by atoms with Crippen molar-refractivity contribution >= 4 is 17.5 Å². The number of hydrogen-bond acceptors (Lipinski definition) is 3. The number of carbonyl (C=O) groups is 1. The Morgan fingerprint density at radius 1 is 1.25 bits per heavy atom. The molecule has 1 amide bonds. The van der Waals surface area contributed by atoms with E-state index in [2.05, 4.69) is 0 Å². The van der Waals surface area contributed by atoms with Crippen molar-refractivity contribution in [2.24, 2.45) is 0 Å². The smallest absolute Gasteiger partial charge is 0.227 e. The Labute approximate surface area is 146 Å². The summed E-state index contributed by atoms with van der Waals surface area (Å²) in [5, 5.41) is 10.2. The summed E-state index contributed by atoms with van der Waals surface area (Å²) in [4.78, 5) is 14.0. The van der Waals surface area contributed by atoms with Crippen LogP contribution in [0.25, 0.3) is 0 Å². The molecule has 0 radical (unpaired) electrons. The molecule has 126 valence electrons. The van der Waals surface area contributed by atoms with Gasteiger partial charge in [-0.25, -0.2) is 0 Å². The molecule has 0 bridgehead atoms. The zero-order valence-electron chi connectivity index (χ0n) is 13.3. The number of ether oxygens (including phenoxy) is 1. The Morgan fingerprint density at radius 2 is 2.08 bits per heavy atom. The van der Waals surface area contributed by atoms with Crippen LogP contribution in [0.2, 0.25) is 5.02 Å². The van der Waals surface area contributed by atoms with Gasteiger partial charge in [-0.1, -0.05) is 41.9 Å². The van der Waals surface area contributed by atoms with Crippen LogP contribution in [0.15, 0.2) is 48.5 Å². The monoisotopic (exact) mass is 345 g/mol. The van der Waals surface area contributed by atoms with Crippen molar-refractivity contribution in [1.29, 1.82) is 0 Å². The van der Waals surface area contributed by atoms with Gasteiger partial charge in [-0.15, -0.1) is 0 Å². The number of rotatable bonds is 5. The summed E-state index contributed by atoms with van der Waals surface area (Å²) in [5.74, 6) is 0.747. The van der Waals surface area contributed by atoms with Gasteiger partial charge in [0, 0.05) is 23.7 Å². The molecule has 1 N–H and O–H groups in total. The van der Waals surface area contributed by atoms with Gasteiger partial charge >= 0.3 is 0 Å². The minimum Gasteiger partial charge on any atom is -0.489 e. The second kappa shape index (κ2) is 7.69. The third kappa shape index (κ3) is 4.28. The van der Waals surface area contributed by atoms with E-state index in [1.807, 2.05) is 48.5 Å². The van der Waals surface area contributed by atoms with E-state index in [0.717, 1.165) is 11.1 Å². The Balaban J connectivity index is 1.60. The molecule has 4 nitrogen and oxygen atoms in total. The van der Waals surface area contributed by atoms with Crippen LogP contribution in [-0.2, 0) is 17.8 Å². The van der Waals surface area contributed by atoms with E-state index < -0.39 is 0 Å². The number of aliphatic hydroxyl groups is 1. The summed E-state index contributed by atoms with van der Waals surface area (Å²) in [7, 11) is 0. The predicted molar refractivity (Wildman–Crippen MR) is 93.1 cm³/mol. The maximum atomic E-state index is 12.3. The van der Waals surface area contributed by atoms with Crippen molar-refractivity contribution in [3.8, 4) is 5.75 Å². The molecule has 1 heterocycles. The predicted octanol–water partition coefficient (Wildman–Crippen LogP) is 3.05. The normalized spacial score (nSPS) is 17.1.